The summed E-state index contributed by atoms with van der Waals surface area (Å²) in [4.78, 5) is 30.8. The Morgan fingerprint density at radius 3 is 2.93 bits per heavy atom. The molecule has 1 unspecified atom stereocenters. The molecule has 3 aromatic rings. The number of aromatic nitrogens is 2. The quantitative estimate of drug-likeness (QED) is 0.677. The van der Waals surface area contributed by atoms with Crippen LogP contribution in [0.15, 0.2) is 22.9 Å². The molecule has 2 N–H and O–H groups in total. The molecular formula is C19H20N4O3S. The Hall–Kier alpha value is -2.74. The van der Waals surface area contributed by atoms with Gasteiger partial charge in [-0.05, 0) is 49.3 Å². The number of fused-ring (bicyclic) bond motifs is 2. The minimum absolute atomic E-state index is 0.302. The van der Waals surface area contributed by atoms with Crippen LogP contribution in [-0.2, 0) is 19.3 Å². The summed E-state index contributed by atoms with van der Waals surface area (Å²) in [5.74, 6) is -0.0878. The highest BCUT2D eigenvalue weighted by Crippen LogP contribution is 2.32. The molecule has 27 heavy (non-hydrogen) atoms. The Kier molecular flexibility index (Phi) is 4.65. The van der Waals surface area contributed by atoms with E-state index in [1.54, 1.807) is 6.07 Å². The molecule has 0 spiro atoms. The van der Waals surface area contributed by atoms with Crippen LogP contribution in [0.25, 0.3) is 11.1 Å². The maximum Gasteiger partial charge on any atom is 0.279 e. The highest BCUT2D eigenvalue weighted by Gasteiger charge is 2.21. The number of carbonyl (C=O) groups is 2. The second-order valence-electron chi connectivity index (χ2n) is 6.87. The zero-order chi connectivity index (χ0) is 19.0. The molecule has 140 valence electrons. The molecule has 7 nitrogen and oxygen atoms in total. The number of hydrogen-bond donors (Lipinski definition) is 2. The molecule has 3 aromatic heterocycles. The monoisotopic (exact) mass is 384 g/mol. The molecule has 0 bridgehead atoms. The van der Waals surface area contributed by atoms with E-state index in [1.807, 2.05) is 13.0 Å². The van der Waals surface area contributed by atoms with Gasteiger partial charge in [-0.2, -0.15) is 0 Å². The third-order valence-corrected chi connectivity index (χ3v) is 6.08. The van der Waals surface area contributed by atoms with E-state index in [9.17, 15) is 9.59 Å². The number of amides is 2. The van der Waals surface area contributed by atoms with Gasteiger partial charge in [0.1, 0.15) is 0 Å². The lowest BCUT2D eigenvalue weighted by molar-refractivity contribution is 0.0848. The second-order valence-corrected chi connectivity index (χ2v) is 8.01. The van der Waals surface area contributed by atoms with Gasteiger partial charge in [0.05, 0.1) is 21.5 Å². The summed E-state index contributed by atoms with van der Waals surface area (Å²) >= 11 is 1.50. The van der Waals surface area contributed by atoms with E-state index in [-0.39, 0.29) is 5.91 Å². The van der Waals surface area contributed by atoms with E-state index >= 15 is 0 Å². The van der Waals surface area contributed by atoms with Crippen molar-refractivity contribution in [1.82, 2.24) is 21.0 Å². The number of hydrogen-bond acceptors (Lipinski definition) is 6. The fourth-order valence-electron chi connectivity index (χ4n) is 3.32. The topological polar surface area (TPSA) is 97.1 Å². The van der Waals surface area contributed by atoms with Crippen molar-refractivity contribution < 1.29 is 14.1 Å². The summed E-state index contributed by atoms with van der Waals surface area (Å²) in [5.41, 5.74) is 7.68. The molecule has 3 heterocycles. The van der Waals surface area contributed by atoms with E-state index in [0.717, 1.165) is 25.0 Å². The van der Waals surface area contributed by atoms with Gasteiger partial charge in [0, 0.05) is 11.1 Å². The number of hydrazine groups is 1. The smallest absolute Gasteiger partial charge is 0.279 e. The number of rotatable bonds is 3. The van der Waals surface area contributed by atoms with Gasteiger partial charge in [-0.1, -0.05) is 19.0 Å². The summed E-state index contributed by atoms with van der Waals surface area (Å²) in [6, 6.07) is 3.61. The van der Waals surface area contributed by atoms with Crippen LogP contribution in [0.3, 0.4) is 0 Å². The molecule has 2 amide bonds. The van der Waals surface area contributed by atoms with Crippen LogP contribution in [0, 0.1) is 5.92 Å². The lowest BCUT2D eigenvalue weighted by Gasteiger charge is -2.16. The van der Waals surface area contributed by atoms with Gasteiger partial charge >= 0.3 is 0 Å². The van der Waals surface area contributed by atoms with Crippen molar-refractivity contribution in [3.63, 3.8) is 0 Å². The molecule has 0 saturated carbocycles. The lowest BCUT2D eigenvalue weighted by atomic mass is 9.90. The van der Waals surface area contributed by atoms with Crippen LogP contribution >= 0.6 is 11.3 Å². The van der Waals surface area contributed by atoms with Gasteiger partial charge in [0.2, 0.25) is 0 Å². The third-order valence-electron chi connectivity index (χ3n) is 4.84. The SMILES string of the molecule is CCc1noc2ncc(C(=O)NNC(=O)c3cc4c(s3)CCC(C)C4)cc12. The standard InChI is InChI=1S/C19H20N4O3S/c1-3-14-13-7-12(9-20-19(13)26-23-14)17(24)21-22-18(25)16-8-11-6-10(2)4-5-15(11)27-16/h7-10H,3-6H2,1-2H3,(H,21,24)(H,22,25). The normalized spacial score (nSPS) is 16.1. The molecule has 4 rings (SSSR count). The minimum Gasteiger partial charge on any atom is -0.336 e. The van der Waals surface area contributed by atoms with Gasteiger partial charge in [-0.15, -0.1) is 11.3 Å². The number of aryl methyl sites for hydroxylation is 2. The van der Waals surface area contributed by atoms with Gasteiger partial charge in [0.15, 0.2) is 0 Å². The molecule has 1 aliphatic rings. The van der Waals surface area contributed by atoms with Crippen molar-refractivity contribution in [3.8, 4) is 0 Å². The van der Waals surface area contributed by atoms with E-state index in [0.29, 0.717) is 33.9 Å². The second kappa shape index (κ2) is 7.11. The Bertz CT molecular complexity index is 1020. The van der Waals surface area contributed by atoms with Crippen molar-refractivity contribution >= 4 is 34.3 Å². The summed E-state index contributed by atoms with van der Waals surface area (Å²) in [6.45, 7) is 4.18. The lowest BCUT2D eigenvalue weighted by Crippen LogP contribution is -2.41. The first kappa shape index (κ1) is 17.7. The average molecular weight is 384 g/mol. The van der Waals surface area contributed by atoms with Crippen molar-refractivity contribution in [2.45, 2.75) is 39.5 Å². The molecule has 0 fully saturated rings. The first-order chi connectivity index (χ1) is 13.0. The van der Waals surface area contributed by atoms with Gasteiger partial charge in [-0.25, -0.2) is 4.98 Å². The number of thiophene rings is 1. The molecule has 0 saturated heterocycles. The molecule has 0 radical (unpaired) electrons. The fraction of sp³-hybridized carbons (Fsp3) is 0.368. The van der Waals surface area contributed by atoms with Crippen LogP contribution in [0.1, 0.15) is 56.4 Å². The van der Waals surface area contributed by atoms with Gasteiger partial charge in [-0.3, -0.25) is 20.4 Å². The highest BCUT2D eigenvalue weighted by atomic mass is 32.1. The van der Waals surface area contributed by atoms with Crippen molar-refractivity contribution in [1.29, 1.82) is 0 Å². The highest BCUT2D eigenvalue weighted by molar-refractivity contribution is 7.14. The third kappa shape index (κ3) is 3.44. The Balaban J connectivity index is 1.44. The van der Waals surface area contributed by atoms with Gasteiger partial charge < -0.3 is 4.52 Å². The molecule has 0 aromatic carbocycles. The van der Waals surface area contributed by atoms with Crippen LogP contribution in [0.5, 0.6) is 0 Å². The zero-order valence-corrected chi connectivity index (χ0v) is 16.0. The number of pyridine rings is 1. The van der Waals surface area contributed by atoms with Crippen molar-refractivity contribution in [2.24, 2.45) is 5.92 Å². The van der Waals surface area contributed by atoms with E-state index in [1.165, 1.54) is 28.0 Å². The Morgan fingerprint density at radius 2 is 2.11 bits per heavy atom. The fourth-order valence-corrected chi connectivity index (χ4v) is 4.43. The largest absolute Gasteiger partial charge is 0.336 e. The van der Waals surface area contributed by atoms with Crippen LogP contribution in [0.2, 0.25) is 0 Å². The van der Waals surface area contributed by atoms with E-state index < -0.39 is 5.91 Å². The molecular weight excluding hydrogens is 364 g/mol. The zero-order valence-electron chi connectivity index (χ0n) is 15.2. The maximum atomic E-state index is 12.4. The predicted molar refractivity (Wildman–Crippen MR) is 102 cm³/mol. The number of nitrogens with one attached hydrogen (secondary N) is 2. The van der Waals surface area contributed by atoms with Crippen molar-refractivity contribution in [2.75, 3.05) is 0 Å². The van der Waals surface area contributed by atoms with E-state index in [2.05, 4.69) is 27.9 Å². The average Bonchev–Trinajstić information content (AvgIpc) is 3.28. The number of carbonyl (C=O) groups excluding carboxylic acids is 2. The molecule has 1 atom stereocenters. The minimum atomic E-state index is -0.434. The molecule has 1 aliphatic carbocycles. The first-order valence-electron chi connectivity index (χ1n) is 9.01. The summed E-state index contributed by atoms with van der Waals surface area (Å²) in [7, 11) is 0. The van der Waals surface area contributed by atoms with Crippen molar-refractivity contribution in [3.05, 3.63) is 44.9 Å². The summed E-state index contributed by atoms with van der Waals surface area (Å²) < 4.78 is 5.12. The van der Waals surface area contributed by atoms with E-state index in [4.69, 9.17) is 4.52 Å². The number of nitrogens with zero attached hydrogens (tertiary/aromatic N) is 2. The predicted octanol–water partition coefficient (Wildman–Crippen LogP) is 3.05. The van der Waals surface area contributed by atoms with Gasteiger partial charge in [0.25, 0.3) is 17.5 Å². The first-order valence-corrected chi connectivity index (χ1v) is 9.83. The van der Waals surface area contributed by atoms with Crippen LogP contribution in [-0.4, -0.2) is 22.0 Å². The molecule has 0 aliphatic heterocycles. The van der Waals surface area contributed by atoms with Crippen LogP contribution in [0.4, 0.5) is 0 Å². The Morgan fingerprint density at radius 1 is 1.30 bits per heavy atom. The summed E-state index contributed by atoms with van der Waals surface area (Å²) in [5, 5.41) is 4.63. The summed E-state index contributed by atoms with van der Waals surface area (Å²) in [6.07, 6.45) is 5.27. The van der Waals surface area contributed by atoms with Crippen LogP contribution < -0.4 is 10.9 Å². The Labute approximate surface area is 160 Å². The maximum absolute atomic E-state index is 12.4. The molecule has 8 heteroatoms.